The minimum Gasteiger partial charge on any atom is -0.375 e. The largest absolute Gasteiger partial charge is 0.375 e. The van der Waals surface area contributed by atoms with E-state index >= 15 is 0 Å². The summed E-state index contributed by atoms with van der Waals surface area (Å²) in [6.07, 6.45) is 14.6. The van der Waals surface area contributed by atoms with Crippen LogP contribution in [0.4, 0.5) is 0 Å². The van der Waals surface area contributed by atoms with E-state index in [2.05, 4.69) is 59.8 Å². The van der Waals surface area contributed by atoms with Gasteiger partial charge in [-0.3, -0.25) is 4.99 Å². The normalized spacial score (nSPS) is 21.2. The monoisotopic (exact) mass is 378 g/mol. The van der Waals surface area contributed by atoms with Gasteiger partial charge in [-0.2, -0.15) is 0 Å². The van der Waals surface area contributed by atoms with Crippen LogP contribution in [-0.2, 0) is 0 Å². The summed E-state index contributed by atoms with van der Waals surface area (Å²) in [6, 6.07) is 11.2. The second-order valence-electron chi connectivity index (χ2n) is 8.55. The maximum absolute atomic E-state index is 4.58. The zero-order valence-corrected chi connectivity index (χ0v) is 17.9. The first kappa shape index (κ1) is 20.9. The number of piperidine rings is 1. The van der Waals surface area contributed by atoms with Crippen molar-refractivity contribution in [1.82, 2.24) is 4.90 Å². The number of hydrogen-bond acceptors (Lipinski definition) is 2. The van der Waals surface area contributed by atoms with Crippen molar-refractivity contribution in [3.05, 3.63) is 59.9 Å². The van der Waals surface area contributed by atoms with E-state index in [1.165, 1.54) is 61.9 Å². The summed E-state index contributed by atoms with van der Waals surface area (Å²) < 4.78 is 0. The Morgan fingerprint density at radius 3 is 2.36 bits per heavy atom. The summed E-state index contributed by atoms with van der Waals surface area (Å²) in [6.45, 7) is 10.9. The summed E-state index contributed by atoms with van der Waals surface area (Å²) in [4.78, 5) is 7.13. The lowest BCUT2D eigenvalue weighted by atomic mass is 9.74. The van der Waals surface area contributed by atoms with Crippen molar-refractivity contribution in [2.24, 2.45) is 16.8 Å². The molecule has 28 heavy (non-hydrogen) atoms. The standard InChI is InChI=1S/C26H38N2/c1-4-26(27-5-2)24-16-18-28(19-17-24)21(3)20-25(22-12-8-6-9-13-22)23-14-10-7-11-15-23/h4-6,8-9,12-13,23-25H,3,7,10-11,14-20H2,1-2H3/b26-4-,27-5?. The van der Waals surface area contributed by atoms with E-state index in [9.17, 15) is 0 Å². The maximum Gasteiger partial charge on any atom is 0.0389 e. The lowest BCUT2D eigenvalue weighted by Crippen LogP contribution is -2.34. The van der Waals surface area contributed by atoms with Crippen LogP contribution >= 0.6 is 0 Å². The van der Waals surface area contributed by atoms with Crippen molar-refractivity contribution in [3.63, 3.8) is 0 Å². The van der Waals surface area contributed by atoms with E-state index < -0.39 is 0 Å². The van der Waals surface area contributed by atoms with Gasteiger partial charge in [-0.15, -0.1) is 0 Å². The van der Waals surface area contributed by atoms with Gasteiger partial charge in [0.1, 0.15) is 0 Å². The van der Waals surface area contributed by atoms with Gasteiger partial charge in [-0.1, -0.05) is 62.2 Å². The number of benzene rings is 1. The van der Waals surface area contributed by atoms with Gasteiger partial charge in [-0.05, 0) is 63.4 Å². The van der Waals surface area contributed by atoms with Gasteiger partial charge in [0.05, 0.1) is 0 Å². The predicted molar refractivity (Wildman–Crippen MR) is 122 cm³/mol. The fourth-order valence-electron chi connectivity index (χ4n) is 5.23. The first-order valence-corrected chi connectivity index (χ1v) is 11.4. The summed E-state index contributed by atoms with van der Waals surface area (Å²) in [7, 11) is 0. The summed E-state index contributed by atoms with van der Waals surface area (Å²) >= 11 is 0. The molecule has 1 aromatic rings. The molecule has 0 bridgehead atoms. The molecule has 2 nitrogen and oxygen atoms in total. The van der Waals surface area contributed by atoms with Gasteiger partial charge in [-0.25, -0.2) is 0 Å². The predicted octanol–water partition coefficient (Wildman–Crippen LogP) is 6.96. The number of aliphatic imine (C=N–C) groups is 1. The molecule has 1 heterocycles. The molecular formula is C26H38N2. The SMILES string of the molecule is C=C(CC(c1ccccc1)C1CCCCC1)N1CCC(/C(=C/C)N=CC)CC1. The Balaban J connectivity index is 1.63. The Morgan fingerprint density at radius 1 is 1.07 bits per heavy atom. The lowest BCUT2D eigenvalue weighted by molar-refractivity contribution is 0.224. The highest BCUT2D eigenvalue weighted by molar-refractivity contribution is 5.55. The molecule has 0 spiro atoms. The first-order chi connectivity index (χ1) is 13.7. The van der Waals surface area contributed by atoms with Crippen molar-refractivity contribution in [1.29, 1.82) is 0 Å². The van der Waals surface area contributed by atoms with Crippen LogP contribution in [0.2, 0.25) is 0 Å². The van der Waals surface area contributed by atoms with E-state index in [0.29, 0.717) is 11.8 Å². The smallest absolute Gasteiger partial charge is 0.0389 e. The molecule has 1 unspecified atom stereocenters. The second kappa shape index (κ2) is 10.6. The Hall–Kier alpha value is -1.83. The number of rotatable bonds is 7. The van der Waals surface area contributed by atoms with Crippen LogP contribution in [0.1, 0.15) is 76.7 Å². The lowest BCUT2D eigenvalue weighted by Gasteiger charge is -2.38. The summed E-state index contributed by atoms with van der Waals surface area (Å²) in [5.41, 5.74) is 4.12. The van der Waals surface area contributed by atoms with Crippen LogP contribution in [0, 0.1) is 11.8 Å². The number of likely N-dealkylation sites (tertiary alicyclic amines) is 1. The highest BCUT2D eigenvalue weighted by Gasteiger charge is 2.28. The number of nitrogens with zero attached hydrogens (tertiary/aromatic N) is 2. The van der Waals surface area contributed by atoms with Gasteiger partial charge in [0.15, 0.2) is 0 Å². The van der Waals surface area contributed by atoms with Crippen LogP contribution in [0.15, 0.2) is 59.4 Å². The average Bonchev–Trinajstić information content (AvgIpc) is 2.77. The highest BCUT2D eigenvalue weighted by atomic mass is 15.1. The third-order valence-electron chi connectivity index (χ3n) is 6.84. The van der Waals surface area contributed by atoms with Crippen molar-refractivity contribution in [2.45, 2.75) is 71.1 Å². The minimum absolute atomic E-state index is 0.605. The summed E-state index contributed by atoms with van der Waals surface area (Å²) in [5, 5.41) is 0. The first-order valence-electron chi connectivity index (χ1n) is 11.4. The zero-order chi connectivity index (χ0) is 19.8. The molecule has 0 radical (unpaired) electrons. The van der Waals surface area contributed by atoms with Crippen molar-refractivity contribution in [2.75, 3.05) is 13.1 Å². The molecule has 1 atom stereocenters. The fraction of sp³-hybridized carbons (Fsp3) is 0.577. The van der Waals surface area contributed by atoms with Crippen LogP contribution < -0.4 is 0 Å². The molecule has 3 rings (SSSR count). The molecule has 0 N–H and O–H groups in total. The Bertz CT molecular complexity index is 659. The number of allylic oxidation sites excluding steroid dienone is 3. The van der Waals surface area contributed by atoms with Gasteiger partial charge in [0, 0.05) is 36.6 Å². The highest BCUT2D eigenvalue weighted by Crippen LogP contribution is 2.40. The zero-order valence-electron chi connectivity index (χ0n) is 17.9. The molecule has 1 saturated carbocycles. The Morgan fingerprint density at radius 2 is 1.75 bits per heavy atom. The molecule has 1 saturated heterocycles. The topological polar surface area (TPSA) is 15.6 Å². The van der Waals surface area contributed by atoms with Crippen LogP contribution in [0.3, 0.4) is 0 Å². The third-order valence-corrected chi connectivity index (χ3v) is 6.84. The molecule has 0 aromatic heterocycles. The van der Waals surface area contributed by atoms with E-state index in [-0.39, 0.29) is 0 Å². The quantitative estimate of drug-likeness (QED) is 0.468. The Kier molecular flexibility index (Phi) is 7.94. The van der Waals surface area contributed by atoms with E-state index in [4.69, 9.17) is 0 Å². The van der Waals surface area contributed by atoms with Gasteiger partial charge < -0.3 is 4.90 Å². The molecule has 2 heteroatoms. The number of hydrogen-bond donors (Lipinski definition) is 0. The molecule has 1 aliphatic heterocycles. The third kappa shape index (κ3) is 5.37. The maximum atomic E-state index is 4.58. The summed E-state index contributed by atoms with van der Waals surface area (Å²) in [5.74, 6) is 2.05. The van der Waals surface area contributed by atoms with Crippen LogP contribution in [-0.4, -0.2) is 24.2 Å². The van der Waals surface area contributed by atoms with Crippen molar-refractivity contribution >= 4 is 6.21 Å². The van der Waals surface area contributed by atoms with Gasteiger partial charge >= 0.3 is 0 Å². The van der Waals surface area contributed by atoms with Gasteiger partial charge in [0.2, 0.25) is 0 Å². The molecule has 2 aliphatic rings. The Labute approximate surface area is 172 Å². The molecule has 0 amide bonds. The van der Waals surface area contributed by atoms with Crippen molar-refractivity contribution < 1.29 is 0 Å². The van der Waals surface area contributed by atoms with Crippen LogP contribution in [0.25, 0.3) is 0 Å². The molecule has 152 valence electrons. The minimum atomic E-state index is 0.605. The van der Waals surface area contributed by atoms with E-state index in [0.717, 1.165) is 25.4 Å². The van der Waals surface area contributed by atoms with E-state index in [1.807, 2.05) is 13.1 Å². The second-order valence-corrected chi connectivity index (χ2v) is 8.55. The van der Waals surface area contributed by atoms with Crippen molar-refractivity contribution in [3.8, 4) is 0 Å². The molecular weight excluding hydrogens is 340 g/mol. The molecule has 2 fully saturated rings. The molecule has 1 aromatic carbocycles. The van der Waals surface area contributed by atoms with Crippen LogP contribution in [0.5, 0.6) is 0 Å². The molecule has 1 aliphatic carbocycles. The average molecular weight is 379 g/mol. The van der Waals surface area contributed by atoms with E-state index in [1.54, 1.807) is 0 Å². The fourth-order valence-corrected chi connectivity index (χ4v) is 5.23. The van der Waals surface area contributed by atoms with Gasteiger partial charge in [0.25, 0.3) is 0 Å².